The van der Waals surface area contributed by atoms with Gasteiger partial charge in [0, 0.05) is 12.8 Å². The molecule has 77 heavy (non-hydrogen) atoms. The molecule has 0 heterocycles. The number of rotatable bonds is 66. The quantitative estimate of drug-likeness (QED) is 0.0320. The number of ether oxygens (including phenoxy) is 1. The van der Waals surface area contributed by atoms with Crippen LogP contribution in [0.2, 0.25) is 0 Å². The van der Waals surface area contributed by atoms with Crippen molar-refractivity contribution in [3.8, 4) is 0 Å². The average molecular weight is 1080 g/mol. The first-order valence-corrected chi connectivity index (χ1v) is 35.1. The zero-order chi connectivity index (χ0) is 55.7. The largest absolute Gasteiger partial charge is 0.466 e. The molecule has 0 spiro atoms. The Kier molecular flexibility index (Phi) is 65.4. The van der Waals surface area contributed by atoms with Crippen LogP contribution in [0.3, 0.4) is 0 Å². The van der Waals surface area contributed by atoms with Crippen molar-refractivity contribution in [1.82, 2.24) is 5.32 Å². The number of allylic oxidation sites excluding steroid dienone is 3. The topological polar surface area (TPSA) is 95.9 Å². The first-order chi connectivity index (χ1) is 38.0. The Labute approximate surface area is 481 Å². The second-order valence-corrected chi connectivity index (χ2v) is 24.2. The normalized spacial score (nSPS) is 12.6. The first kappa shape index (κ1) is 75.3. The van der Waals surface area contributed by atoms with Gasteiger partial charge in [0.05, 0.1) is 25.4 Å². The summed E-state index contributed by atoms with van der Waals surface area (Å²) in [6.07, 6.45) is 84.1. The standard InChI is InChI=1S/C71H137NO5/c1-3-5-7-9-11-13-15-17-36-39-43-47-51-55-59-63-69(74)68(67-73)72-70(75)64-60-56-52-48-44-40-37-34-32-30-28-26-24-22-20-19-21-23-25-27-29-31-33-35-38-42-46-50-54-58-62-66-77-71(76)65-61-57-53-49-45-41-18-16-14-12-10-8-6-4-2/h16,18,59,63,68-69,73-74H,3-15,17,19-58,60-62,64-67H2,1-2H3,(H,72,75)/b18-16-,63-59+. The predicted molar refractivity (Wildman–Crippen MR) is 338 cm³/mol. The van der Waals surface area contributed by atoms with Gasteiger partial charge in [-0.2, -0.15) is 0 Å². The summed E-state index contributed by atoms with van der Waals surface area (Å²) >= 11 is 0. The van der Waals surface area contributed by atoms with Gasteiger partial charge in [0.25, 0.3) is 0 Å². The van der Waals surface area contributed by atoms with Crippen LogP contribution in [0, 0.1) is 0 Å². The van der Waals surface area contributed by atoms with E-state index < -0.39 is 12.1 Å². The van der Waals surface area contributed by atoms with Crippen LogP contribution in [-0.2, 0) is 14.3 Å². The molecular formula is C71H137NO5. The molecule has 0 aromatic heterocycles. The zero-order valence-electron chi connectivity index (χ0n) is 52.2. The fourth-order valence-corrected chi connectivity index (χ4v) is 11.1. The summed E-state index contributed by atoms with van der Waals surface area (Å²) in [6.45, 7) is 4.92. The fourth-order valence-electron chi connectivity index (χ4n) is 11.1. The van der Waals surface area contributed by atoms with Crippen LogP contribution in [0.1, 0.15) is 393 Å². The van der Waals surface area contributed by atoms with Gasteiger partial charge in [0.15, 0.2) is 0 Å². The molecule has 0 aliphatic rings. The SMILES string of the molecule is CCCCCCC/C=C\CCCCCCCC(=O)OCCCCCCCCCCCCCCCCCCCCCCCCCCCCCCCCCC(=O)NC(CO)C(O)/C=C/CCCCCCCCCCCCCCC. The highest BCUT2D eigenvalue weighted by molar-refractivity contribution is 5.76. The lowest BCUT2D eigenvalue weighted by Gasteiger charge is -2.20. The monoisotopic (exact) mass is 1080 g/mol. The lowest BCUT2D eigenvalue weighted by atomic mass is 10.0. The Morgan fingerprint density at radius 3 is 0.922 bits per heavy atom. The third-order valence-corrected chi connectivity index (χ3v) is 16.5. The first-order valence-electron chi connectivity index (χ1n) is 35.1. The molecule has 0 aliphatic carbocycles. The molecule has 0 saturated heterocycles. The number of hydrogen-bond acceptors (Lipinski definition) is 5. The molecule has 0 saturated carbocycles. The average Bonchev–Trinajstić information content (AvgIpc) is 3.43. The molecule has 0 aliphatic heterocycles. The van der Waals surface area contributed by atoms with Crippen LogP contribution >= 0.6 is 0 Å². The summed E-state index contributed by atoms with van der Waals surface area (Å²) in [5, 5.41) is 23.2. The maximum atomic E-state index is 12.5. The summed E-state index contributed by atoms with van der Waals surface area (Å²) in [5.74, 6) is -0.0490. The van der Waals surface area contributed by atoms with Crippen molar-refractivity contribution >= 4 is 11.9 Å². The van der Waals surface area contributed by atoms with Crippen LogP contribution in [0.5, 0.6) is 0 Å². The molecular weight excluding hydrogens is 947 g/mol. The number of carbonyl (C=O) groups is 2. The minimum atomic E-state index is -0.841. The van der Waals surface area contributed by atoms with E-state index in [1.165, 1.54) is 321 Å². The van der Waals surface area contributed by atoms with Crippen LogP contribution in [-0.4, -0.2) is 47.4 Å². The maximum absolute atomic E-state index is 12.5. The van der Waals surface area contributed by atoms with E-state index in [2.05, 4.69) is 31.3 Å². The van der Waals surface area contributed by atoms with Gasteiger partial charge >= 0.3 is 5.97 Å². The summed E-state index contributed by atoms with van der Waals surface area (Å²) in [7, 11) is 0. The van der Waals surface area contributed by atoms with Gasteiger partial charge in [-0.25, -0.2) is 0 Å². The highest BCUT2D eigenvalue weighted by Crippen LogP contribution is 2.19. The molecule has 0 aromatic rings. The number of nitrogens with one attached hydrogen (secondary N) is 1. The van der Waals surface area contributed by atoms with Gasteiger partial charge in [0.2, 0.25) is 5.91 Å². The summed E-state index contributed by atoms with van der Waals surface area (Å²) in [5.41, 5.74) is 0. The molecule has 3 N–H and O–H groups in total. The lowest BCUT2D eigenvalue weighted by Crippen LogP contribution is -2.45. The van der Waals surface area contributed by atoms with Crippen molar-refractivity contribution < 1.29 is 24.5 Å². The summed E-state index contributed by atoms with van der Waals surface area (Å²) < 4.78 is 5.49. The number of aliphatic hydroxyl groups excluding tert-OH is 2. The zero-order valence-corrected chi connectivity index (χ0v) is 52.2. The Morgan fingerprint density at radius 1 is 0.351 bits per heavy atom. The third-order valence-electron chi connectivity index (χ3n) is 16.5. The minimum Gasteiger partial charge on any atom is -0.466 e. The molecule has 2 unspecified atom stereocenters. The fraction of sp³-hybridized carbons (Fsp3) is 0.915. The second kappa shape index (κ2) is 66.8. The number of aliphatic hydroxyl groups is 2. The molecule has 2 atom stereocenters. The van der Waals surface area contributed by atoms with E-state index in [0.29, 0.717) is 19.4 Å². The van der Waals surface area contributed by atoms with Gasteiger partial charge < -0.3 is 20.3 Å². The Hall–Kier alpha value is -1.66. The Bertz CT molecular complexity index is 1200. The number of amides is 1. The number of unbranched alkanes of at least 4 members (excludes halogenated alkanes) is 53. The minimum absolute atomic E-state index is 0.0123. The maximum Gasteiger partial charge on any atom is 0.305 e. The van der Waals surface area contributed by atoms with E-state index in [0.717, 1.165) is 44.9 Å². The van der Waals surface area contributed by atoms with E-state index in [1.807, 2.05) is 6.08 Å². The summed E-state index contributed by atoms with van der Waals surface area (Å²) in [4.78, 5) is 24.5. The molecule has 456 valence electrons. The highest BCUT2D eigenvalue weighted by atomic mass is 16.5. The molecule has 0 aromatic carbocycles. The van der Waals surface area contributed by atoms with Gasteiger partial charge in [-0.3, -0.25) is 9.59 Å². The second-order valence-electron chi connectivity index (χ2n) is 24.2. The van der Waals surface area contributed by atoms with E-state index in [1.54, 1.807) is 6.08 Å². The highest BCUT2D eigenvalue weighted by Gasteiger charge is 2.18. The van der Waals surface area contributed by atoms with Gasteiger partial charge in [-0.15, -0.1) is 0 Å². The lowest BCUT2D eigenvalue weighted by molar-refractivity contribution is -0.143. The van der Waals surface area contributed by atoms with Crippen molar-refractivity contribution in [2.45, 2.75) is 405 Å². The Morgan fingerprint density at radius 2 is 0.610 bits per heavy atom. The van der Waals surface area contributed by atoms with E-state index >= 15 is 0 Å². The van der Waals surface area contributed by atoms with E-state index in [9.17, 15) is 19.8 Å². The number of esters is 1. The van der Waals surface area contributed by atoms with Gasteiger partial charge in [-0.05, 0) is 57.8 Å². The van der Waals surface area contributed by atoms with Crippen molar-refractivity contribution in [2.24, 2.45) is 0 Å². The number of hydrogen-bond donors (Lipinski definition) is 3. The number of carbonyl (C=O) groups excluding carboxylic acids is 2. The molecule has 0 rings (SSSR count). The van der Waals surface area contributed by atoms with E-state index in [-0.39, 0.29) is 18.5 Å². The molecule has 6 nitrogen and oxygen atoms in total. The van der Waals surface area contributed by atoms with Gasteiger partial charge in [-0.1, -0.05) is 346 Å². The van der Waals surface area contributed by atoms with Crippen LogP contribution < -0.4 is 5.32 Å². The van der Waals surface area contributed by atoms with E-state index in [4.69, 9.17) is 4.74 Å². The third kappa shape index (κ3) is 63.4. The van der Waals surface area contributed by atoms with Gasteiger partial charge in [0.1, 0.15) is 0 Å². The van der Waals surface area contributed by atoms with Crippen LogP contribution in [0.15, 0.2) is 24.3 Å². The van der Waals surface area contributed by atoms with Crippen LogP contribution in [0.25, 0.3) is 0 Å². The molecule has 1 amide bonds. The Balaban J connectivity index is 3.33. The molecule has 0 fully saturated rings. The molecule has 6 heteroatoms. The van der Waals surface area contributed by atoms with Crippen LogP contribution in [0.4, 0.5) is 0 Å². The smallest absolute Gasteiger partial charge is 0.305 e. The molecule has 0 bridgehead atoms. The van der Waals surface area contributed by atoms with Crippen molar-refractivity contribution in [3.05, 3.63) is 24.3 Å². The summed E-state index contributed by atoms with van der Waals surface area (Å²) in [6, 6.07) is -0.624. The van der Waals surface area contributed by atoms with Crippen molar-refractivity contribution in [3.63, 3.8) is 0 Å². The van der Waals surface area contributed by atoms with Crippen molar-refractivity contribution in [2.75, 3.05) is 13.2 Å². The molecule has 0 radical (unpaired) electrons. The predicted octanol–water partition coefficient (Wildman–Crippen LogP) is 22.5. The van der Waals surface area contributed by atoms with Crippen molar-refractivity contribution in [1.29, 1.82) is 0 Å².